The van der Waals surface area contributed by atoms with Crippen molar-refractivity contribution in [1.82, 2.24) is 15.2 Å². The Balaban J connectivity index is 0.00000140. The number of aromatic nitrogens is 1. The molecule has 0 radical (unpaired) electrons. The normalized spacial score (nSPS) is 16.3. The van der Waals surface area contributed by atoms with Crippen LogP contribution in [0.3, 0.4) is 0 Å². The molecule has 0 spiro atoms. The summed E-state index contributed by atoms with van der Waals surface area (Å²) in [5, 5.41) is 4.05. The van der Waals surface area contributed by atoms with Crippen molar-refractivity contribution in [2.75, 3.05) is 19.6 Å². The van der Waals surface area contributed by atoms with Crippen molar-refractivity contribution in [2.24, 2.45) is 0 Å². The third kappa shape index (κ3) is 4.97. The van der Waals surface area contributed by atoms with Crippen LogP contribution in [0.2, 0.25) is 5.02 Å². The van der Waals surface area contributed by atoms with Gasteiger partial charge < -0.3 is 14.6 Å². The Morgan fingerprint density at radius 2 is 2.04 bits per heavy atom. The number of hydrogen-bond acceptors (Lipinski definition) is 4. The number of nitrogens with zero attached hydrogens (tertiary/aromatic N) is 2. The number of halogens is 3. The molecule has 5 nitrogen and oxygen atoms in total. The maximum absolute atomic E-state index is 12.9. The second-order valence-electron chi connectivity index (χ2n) is 6.44. The van der Waals surface area contributed by atoms with Gasteiger partial charge in [0.1, 0.15) is 5.52 Å². The third-order valence-corrected chi connectivity index (χ3v) is 4.92. The lowest BCUT2D eigenvalue weighted by Gasteiger charge is -2.36. The SMILES string of the molecule is Cl.Cl.O=C(CCc1nc2ccccc2o1)N1CCNCC1c1cccc(Cl)c1. The number of rotatable bonds is 4. The molecule has 3 aromatic rings. The Labute approximate surface area is 181 Å². The van der Waals surface area contributed by atoms with Crippen LogP contribution in [0, 0.1) is 0 Å². The second kappa shape index (κ2) is 10.1. The minimum absolute atomic E-state index is 0. The molecule has 1 atom stereocenters. The number of amides is 1. The highest BCUT2D eigenvalue weighted by Crippen LogP contribution is 2.26. The van der Waals surface area contributed by atoms with Gasteiger partial charge in [0.2, 0.25) is 5.91 Å². The summed E-state index contributed by atoms with van der Waals surface area (Å²) >= 11 is 6.13. The predicted molar refractivity (Wildman–Crippen MR) is 116 cm³/mol. The minimum atomic E-state index is -0.00131. The lowest BCUT2D eigenvalue weighted by atomic mass is 10.0. The highest BCUT2D eigenvalue weighted by molar-refractivity contribution is 6.30. The summed E-state index contributed by atoms with van der Waals surface area (Å²) in [7, 11) is 0. The Bertz CT molecular complexity index is 899. The van der Waals surface area contributed by atoms with E-state index < -0.39 is 0 Å². The highest BCUT2D eigenvalue weighted by Gasteiger charge is 2.28. The first-order valence-electron chi connectivity index (χ1n) is 8.81. The number of oxazole rings is 1. The van der Waals surface area contributed by atoms with E-state index in [-0.39, 0.29) is 36.8 Å². The van der Waals surface area contributed by atoms with Crippen molar-refractivity contribution in [3.8, 4) is 0 Å². The van der Waals surface area contributed by atoms with Gasteiger partial charge in [-0.3, -0.25) is 4.79 Å². The number of carbonyl (C=O) groups excluding carboxylic acids is 1. The van der Waals surface area contributed by atoms with Gasteiger partial charge in [-0.15, -0.1) is 24.8 Å². The van der Waals surface area contributed by atoms with E-state index in [2.05, 4.69) is 10.3 Å². The van der Waals surface area contributed by atoms with Gasteiger partial charge in [-0.2, -0.15) is 0 Å². The molecule has 4 rings (SSSR count). The summed E-state index contributed by atoms with van der Waals surface area (Å²) in [6.45, 7) is 2.21. The van der Waals surface area contributed by atoms with Crippen LogP contribution in [-0.2, 0) is 11.2 Å². The van der Waals surface area contributed by atoms with Crippen LogP contribution >= 0.6 is 36.4 Å². The van der Waals surface area contributed by atoms with Crippen molar-refractivity contribution in [1.29, 1.82) is 0 Å². The molecule has 0 bridgehead atoms. The van der Waals surface area contributed by atoms with Crippen LogP contribution in [0.15, 0.2) is 52.9 Å². The molecular weight excluding hydrogens is 421 g/mol. The molecule has 2 aromatic carbocycles. The molecule has 1 aliphatic rings. The van der Waals surface area contributed by atoms with Gasteiger partial charge in [0.15, 0.2) is 11.5 Å². The maximum Gasteiger partial charge on any atom is 0.223 e. The van der Waals surface area contributed by atoms with Gasteiger partial charge in [-0.25, -0.2) is 4.98 Å². The lowest BCUT2D eigenvalue weighted by molar-refractivity contribution is -0.134. The molecule has 1 fully saturated rings. The number of hydrogen-bond donors (Lipinski definition) is 1. The monoisotopic (exact) mass is 441 g/mol. The third-order valence-electron chi connectivity index (χ3n) is 4.69. The fraction of sp³-hybridized carbons (Fsp3) is 0.300. The first kappa shape index (κ1) is 22.5. The van der Waals surface area contributed by atoms with Crippen LogP contribution in [0.1, 0.15) is 23.9 Å². The second-order valence-corrected chi connectivity index (χ2v) is 6.87. The number of fused-ring (bicyclic) bond motifs is 1. The molecule has 1 aromatic heterocycles. The smallest absolute Gasteiger partial charge is 0.223 e. The molecule has 1 N–H and O–H groups in total. The summed E-state index contributed by atoms with van der Waals surface area (Å²) in [5.74, 6) is 0.715. The largest absolute Gasteiger partial charge is 0.441 e. The Morgan fingerprint density at radius 3 is 2.82 bits per heavy atom. The molecule has 28 heavy (non-hydrogen) atoms. The van der Waals surface area contributed by atoms with E-state index in [1.807, 2.05) is 53.4 Å². The average molecular weight is 443 g/mol. The first-order chi connectivity index (χ1) is 12.7. The number of aryl methyl sites for hydroxylation is 1. The zero-order valence-corrected chi connectivity index (χ0v) is 17.5. The molecule has 2 heterocycles. The highest BCUT2D eigenvalue weighted by atomic mass is 35.5. The molecule has 1 amide bonds. The maximum atomic E-state index is 12.9. The minimum Gasteiger partial charge on any atom is -0.441 e. The fourth-order valence-corrected chi connectivity index (χ4v) is 3.60. The van der Waals surface area contributed by atoms with E-state index in [1.54, 1.807) is 0 Å². The van der Waals surface area contributed by atoms with E-state index in [0.29, 0.717) is 30.3 Å². The van der Waals surface area contributed by atoms with E-state index in [0.717, 1.165) is 29.8 Å². The summed E-state index contributed by atoms with van der Waals surface area (Å²) in [5.41, 5.74) is 2.64. The Kier molecular flexibility index (Phi) is 8.13. The van der Waals surface area contributed by atoms with Crippen molar-refractivity contribution in [2.45, 2.75) is 18.9 Å². The van der Waals surface area contributed by atoms with Crippen molar-refractivity contribution >= 4 is 53.4 Å². The number of carbonyl (C=O) groups is 1. The number of piperazine rings is 1. The van der Waals surface area contributed by atoms with Crippen molar-refractivity contribution in [3.63, 3.8) is 0 Å². The molecule has 150 valence electrons. The number of nitrogens with one attached hydrogen (secondary N) is 1. The van der Waals surface area contributed by atoms with Crippen molar-refractivity contribution < 1.29 is 9.21 Å². The van der Waals surface area contributed by atoms with Gasteiger partial charge in [0.25, 0.3) is 0 Å². The van der Waals surface area contributed by atoms with Crippen LogP contribution in [0.25, 0.3) is 11.1 Å². The Hall–Kier alpha value is -1.79. The van der Waals surface area contributed by atoms with Gasteiger partial charge in [0, 0.05) is 37.5 Å². The number of para-hydroxylation sites is 2. The molecule has 0 aliphatic carbocycles. The topological polar surface area (TPSA) is 58.4 Å². The first-order valence-corrected chi connectivity index (χ1v) is 9.18. The molecule has 8 heteroatoms. The molecule has 1 saturated heterocycles. The summed E-state index contributed by atoms with van der Waals surface area (Å²) in [6, 6.07) is 15.4. The molecule has 1 unspecified atom stereocenters. The standard InChI is InChI=1S/C20H20ClN3O2.2ClH/c21-15-5-3-4-14(12-15)17-13-22-10-11-24(17)20(25)9-8-19-23-16-6-1-2-7-18(16)26-19;;/h1-7,12,17,22H,8-11,13H2;2*1H. The summed E-state index contributed by atoms with van der Waals surface area (Å²) in [4.78, 5) is 19.2. The van der Waals surface area contributed by atoms with Gasteiger partial charge >= 0.3 is 0 Å². The van der Waals surface area contributed by atoms with Gasteiger partial charge in [-0.05, 0) is 29.8 Å². The van der Waals surface area contributed by atoms with Gasteiger partial charge in [-0.1, -0.05) is 35.9 Å². The number of benzene rings is 2. The van der Waals surface area contributed by atoms with E-state index >= 15 is 0 Å². The quantitative estimate of drug-likeness (QED) is 0.649. The zero-order chi connectivity index (χ0) is 17.9. The molecular formula is C20H22Cl3N3O2. The van der Waals surface area contributed by atoms with E-state index in [4.69, 9.17) is 16.0 Å². The van der Waals surface area contributed by atoms with Gasteiger partial charge in [0.05, 0.1) is 6.04 Å². The van der Waals surface area contributed by atoms with E-state index in [1.165, 1.54) is 0 Å². The lowest BCUT2D eigenvalue weighted by Crippen LogP contribution is -2.48. The predicted octanol–water partition coefficient (Wildman–Crippen LogP) is 4.43. The molecule has 0 saturated carbocycles. The fourth-order valence-electron chi connectivity index (χ4n) is 3.40. The summed E-state index contributed by atoms with van der Waals surface area (Å²) in [6.07, 6.45) is 0.879. The van der Waals surface area contributed by atoms with Crippen LogP contribution in [0.5, 0.6) is 0 Å². The van der Waals surface area contributed by atoms with Crippen LogP contribution in [0.4, 0.5) is 0 Å². The zero-order valence-electron chi connectivity index (χ0n) is 15.1. The van der Waals surface area contributed by atoms with E-state index in [9.17, 15) is 4.79 Å². The van der Waals surface area contributed by atoms with Crippen LogP contribution in [-0.4, -0.2) is 35.4 Å². The summed E-state index contributed by atoms with van der Waals surface area (Å²) < 4.78 is 5.72. The van der Waals surface area contributed by atoms with Crippen LogP contribution < -0.4 is 5.32 Å². The average Bonchev–Trinajstić information content (AvgIpc) is 3.09. The Morgan fingerprint density at radius 1 is 1.21 bits per heavy atom. The molecule has 1 aliphatic heterocycles. The van der Waals surface area contributed by atoms with Crippen molar-refractivity contribution in [3.05, 3.63) is 65.0 Å².